The first-order chi connectivity index (χ1) is 14.7. The molecule has 0 atom stereocenters. The smallest absolute Gasteiger partial charge is 0.417 e. The molecule has 31 heavy (non-hydrogen) atoms. The summed E-state index contributed by atoms with van der Waals surface area (Å²) in [5.74, 6) is 1.31. The Morgan fingerprint density at radius 3 is 2.52 bits per heavy atom. The Bertz CT molecular complexity index is 932. The Hall–Kier alpha value is -2.68. The molecule has 0 bridgehead atoms. The summed E-state index contributed by atoms with van der Waals surface area (Å²) in [7, 11) is 3.12. The van der Waals surface area contributed by atoms with Crippen molar-refractivity contribution >= 4 is 23.3 Å². The number of hydrogen-bond acceptors (Lipinski definition) is 5. The van der Waals surface area contributed by atoms with Crippen LogP contribution in [-0.4, -0.2) is 38.2 Å². The van der Waals surface area contributed by atoms with Gasteiger partial charge in [0.1, 0.15) is 17.3 Å². The molecule has 3 rings (SSSR count). The van der Waals surface area contributed by atoms with Crippen molar-refractivity contribution in [2.24, 2.45) is 5.92 Å². The van der Waals surface area contributed by atoms with Crippen LogP contribution >= 0.6 is 11.6 Å². The molecule has 10 heteroatoms. The molecule has 2 aromatic rings. The van der Waals surface area contributed by atoms with Crippen LogP contribution < -0.4 is 19.7 Å². The lowest BCUT2D eigenvalue weighted by Crippen LogP contribution is -2.40. The highest BCUT2D eigenvalue weighted by Gasteiger charge is 2.33. The topological polar surface area (TPSA) is 63.7 Å². The standard InChI is InChI=1S/C21H23ClF3N3O3/c1-30-16-4-3-14(18(10-16)31-2)11-27-20(29)13-5-7-28(8-6-13)19-17(22)9-15(12-26-19)21(23,24)25/h3-4,9-10,12-13H,5-8,11H2,1-2H3,(H,27,29). The molecule has 0 saturated carbocycles. The number of benzene rings is 1. The molecular formula is C21H23ClF3N3O3. The fourth-order valence-corrected chi connectivity index (χ4v) is 3.78. The van der Waals surface area contributed by atoms with E-state index >= 15 is 0 Å². The number of ether oxygens (including phenoxy) is 2. The molecule has 6 nitrogen and oxygen atoms in total. The number of hydrogen-bond donors (Lipinski definition) is 1. The summed E-state index contributed by atoms with van der Waals surface area (Å²) in [5.41, 5.74) is -0.0562. The molecule has 1 aliphatic heterocycles. The van der Waals surface area contributed by atoms with Crippen molar-refractivity contribution < 1.29 is 27.4 Å². The van der Waals surface area contributed by atoms with Crippen molar-refractivity contribution in [3.05, 3.63) is 46.6 Å². The van der Waals surface area contributed by atoms with E-state index in [-0.39, 0.29) is 16.8 Å². The van der Waals surface area contributed by atoms with Crippen molar-refractivity contribution in [3.8, 4) is 11.5 Å². The second-order valence-corrected chi connectivity index (χ2v) is 7.59. The van der Waals surface area contributed by atoms with E-state index in [0.717, 1.165) is 17.8 Å². The third-order valence-corrected chi connectivity index (χ3v) is 5.54. The lowest BCUT2D eigenvalue weighted by molar-refractivity contribution is -0.137. The molecular weight excluding hydrogens is 435 g/mol. The van der Waals surface area contributed by atoms with E-state index in [2.05, 4.69) is 10.3 Å². The Labute approximate surface area is 183 Å². The molecule has 1 aromatic carbocycles. The van der Waals surface area contributed by atoms with Crippen LogP contribution in [0, 0.1) is 5.92 Å². The summed E-state index contributed by atoms with van der Waals surface area (Å²) in [6.07, 6.45) is -2.62. The second kappa shape index (κ2) is 9.64. The molecule has 0 unspecified atom stereocenters. The number of nitrogens with zero attached hydrogens (tertiary/aromatic N) is 2. The number of methoxy groups -OCH3 is 2. The fourth-order valence-electron chi connectivity index (χ4n) is 3.50. The van der Waals surface area contributed by atoms with Crippen molar-refractivity contribution in [1.82, 2.24) is 10.3 Å². The number of carbonyl (C=O) groups excluding carboxylic acids is 1. The van der Waals surface area contributed by atoms with Gasteiger partial charge in [-0.05, 0) is 31.0 Å². The number of pyridine rings is 1. The second-order valence-electron chi connectivity index (χ2n) is 7.18. The molecule has 1 aliphatic rings. The minimum absolute atomic E-state index is 0.0515. The van der Waals surface area contributed by atoms with Crippen LogP contribution in [0.2, 0.25) is 5.02 Å². The van der Waals surface area contributed by atoms with Crippen LogP contribution in [0.15, 0.2) is 30.5 Å². The third kappa shape index (κ3) is 5.52. The summed E-state index contributed by atoms with van der Waals surface area (Å²) >= 11 is 6.03. The maximum Gasteiger partial charge on any atom is 0.417 e. The Balaban J connectivity index is 1.56. The van der Waals surface area contributed by atoms with Crippen LogP contribution in [0.3, 0.4) is 0 Å². The van der Waals surface area contributed by atoms with Gasteiger partial charge in [-0.1, -0.05) is 11.6 Å². The van der Waals surface area contributed by atoms with Gasteiger partial charge in [-0.15, -0.1) is 0 Å². The molecule has 1 aromatic heterocycles. The van der Waals surface area contributed by atoms with Gasteiger partial charge in [0.15, 0.2) is 0 Å². The molecule has 1 fully saturated rings. The number of piperidine rings is 1. The van der Waals surface area contributed by atoms with Gasteiger partial charge >= 0.3 is 6.18 Å². The van der Waals surface area contributed by atoms with Gasteiger partial charge in [0, 0.05) is 43.4 Å². The summed E-state index contributed by atoms with van der Waals surface area (Å²) in [6, 6.07) is 6.26. The number of alkyl halides is 3. The molecule has 168 valence electrons. The number of amides is 1. The minimum Gasteiger partial charge on any atom is -0.497 e. The highest BCUT2D eigenvalue weighted by Crippen LogP contribution is 2.34. The van der Waals surface area contributed by atoms with Gasteiger partial charge in [-0.25, -0.2) is 4.98 Å². The van der Waals surface area contributed by atoms with Gasteiger partial charge in [0.25, 0.3) is 0 Å². The molecule has 2 heterocycles. The first-order valence-corrected chi connectivity index (χ1v) is 10.1. The fraction of sp³-hybridized carbons (Fsp3) is 0.429. The molecule has 1 N–H and O–H groups in total. The predicted molar refractivity (Wildman–Crippen MR) is 111 cm³/mol. The van der Waals surface area contributed by atoms with Crippen molar-refractivity contribution in [2.75, 3.05) is 32.2 Å². The average Bonchev–Trinajstić information content (AvgIpc) is 2.76. The SMILES string of the molecule is COc1ccc(CNC(=O)C2CCN(c3ncc(C(F)(F)F)cc3Cl)CC2)c(OC)c1. The maximum atomic E-state index is 12.8. The molecule has 0 aliphatic carbocycles. The van der Waals surface area contributed by atoms with E-state index in [1.165, 1.54) is 0 Å². The minimum atomic E-state index is -4.49. The van der Waals surface area contributed by atoms with Gasteiger partial charge in [0.2, 0.25) is 5.91 Å². The molecule has 0 spiro atoms. The largest absolute Gasteiger partial charge is 0.497 e. The van der Waals surface area contributed by atoms with Crippen LogP contribution in [0.25, 0.3) is 0 Å². The number of aromatic nitrogens is 1. The predicted octanol–water partition coefficient (Wildman–Crippen LogP) is 4.30. The highest BCUT2D eigenvalue weighted by molar-refractivity contribution is 6.33. The van der Waals surface area contributed by atoms with Crippen LogP contribution in [0.1, 0.15) is 24.0 Å². The maximum absolute atomic E-state index is 12.8. The molecule has 0 radical (unpaired) electrons. The zero-order valence-electron chi connectivity index (χ0n) is 17.1. The van der Waals surface area contributed by atoms with E-state index in [0.29, 0.717) is 49.8 Å². The van der Waals surface area contributed by atoms with Gasteiger partial charge in [-0.2, -0.15) is 13.2 Å². The normalized spacial score (nSPS) is 15.0. The lowest BCUT2D eigenvalue weighted by Gasteiger charge is -2.32. The van der Waals surface area contributed by atoms with Crippen molar-refractivity contribution in [2.45, 2.75) is 25.6 Å². The summed E-state index contributed by atoms with van der Waals surface area (Å²) in [6.45, 7) is 1.27. The number of nitrogens with one attached hydrogen (secondary N) is 1. The first kappa shape index (κ1) is 23.0. The number of carbonyl (C=O) groups is 1. The lowest BCUT2D eigenvalue weighted by atomic mass is 9.95. The van der Waals surface area contributed by atoms with Crippen molar-refractivity contribution in [1.29, 1.82) is 0 Å². The van der Waals surface area contributed by atoms with Crippen molar-refractivity contribution in [3.63, 3.8) is 0 Å². The Morgan fingerprint density at radius 2 is 1.94 bits per heavy atom. The van der Waals surface area contributed by atoms with Crippen LogP contribution in [0.5, 0.6) is 11.5 Å². The number of halogens is 4. The van der Waals surface area contributed by atoms with E-state index in [1.807, 2.05) is 6.07 Å². The number of anilines is 1. The van der Waals surface area contributed by atoms with Gasteiger partial charge in [0.05, 0.1) is 24.8 Å². The van der Waals surface area contributed by atoms with Gasteiger partial charge in [-0.3, -0.25) is 4.79 Å². The third-order valence-electron chi connectivity index (χ3n) is 5.26. The molecule has 1 amide bonds. The summed E-state index contributed by atoms with van der Waals surface area (Å²) < 4.78 is 48.9. The van der Waals surface area contributed by atoms with Crippen LogP contribution in [-0.2, 0) is 17.5 Å². The monoisotopic (exact) mass is 457 g/mol. The summed E-state index contributed by atoms with van der Waals surface area (Å²) in [4.78, 5) is 18.3. The zero-order chi connectivity index (χ0) is 22.6. The van der Waals surface area contributed by atoms with Gasteiger partial charge < -0.3 is 19.7 Å². The van der Waals surface area contributed by atoms with E-state index in [1.54, 1.807) is 31.3 Å². The van der Waals surface area contributed by atoms with E-state index in [4.69, 9.17) is 21.1 Å². The van der Waals surface area contributed by atoms with E-state index < -0.39 is 11.7 Å². The number of rotatable bonds is 6. The molecule has 1 saturated heterocycles. The van der Waals surface area contributed by atoms with E-state index in [9.17, 15) is 18.0 Å². The Kier molecular flexibility index (Phi) is 7.15. The highest BCUT2D eigenvalue weighted by atomic mass is 35.5. The van der Waals surface area contributed by atoms with Crippen LogP contribution in [0.4, 0.5) is 19.0 Å². The zero-order valence-corrected chi connectivity index (χ0v) is 17.9. The summed E-state index contributed by atoms with van der Waals surface area (Å²) in [5, 5.41) is 2.87. The quantitative estimate of drug-likeness (QED) is 0.700. The average molecular weight is 458 g/mol. The Morgan fingerprint density at radius 1 is 1.23 bits per heavy atom. The first-order valence-electron chi connectivity index (χ1n) is 9.69.